The van der Waals surface area contributed by atoms with Gasteiger partial charge in [0.1, 0.15) is 0 Å². The fourth-order valence-electron chi connectivity index (χ4n) is 2.77. The maximum Gasteiger partial charge on any atom is 0.311 e. The Labute approximate surface area is 118 Å². The van der Waals surface area contributed by atoms with E-state index in [2.05, 4.69) is 17.2 Å². The largest absolute Gasteiger partial charge is 0.481 e. The molecule has 1 aliphatic rings. The van der Waals surface area contributed by atoms with Crippen molar-refractivity contribution in [3.05, 3.63) is 22.2 Å². The van der Waals surface area contributed by atoms with Crippen LogP contribution < -0.4 is 10.1 Å². The highest BCUT2D eigenvalue weighted by Gasteiger charge is 2.24. The summed E-state index contributed by atoms with van der Waals surface area (Å²) in [5, 5.41) is 14.3. The number of nitrogens with one attached hydrogen (secondary N) is 1. The lowest BCUT2D eigenvalue weighted by molar-refractivity contribution is -0.384. The number of pyridine rings is 1. The number of hydrogen-bond acceptors (Lipinski definition) is 5. The summed E-state index contributed by atoms with van der Waals surface area (Å²) in [6, 6.07) is 3.12. The standard InChI is InChI=1S/C14H21N3O3/c1-10(11-6-4-3-5-7-11)15-14-12(17(18)19)8-9-13(16-14)20-2/h8-11H,3-7H2,1-2H3,(H,15,16). The van der Waals surface area contributed by atoms with E-state index in [1.54, 1.807) is 0 Å². The molecule has 20 heavy (non-hydrogen) atoms. The monoisotopic (exact) mass is 279 g/mol. The van der Waals surface area contributed by atoms with Crippen LogP contribution in [0.2, 0.25) is 0 Å². The van der Waals surface area contributed by atoms with Crippen molar-refractivity contribution in [1.82, 2.24) is 4.98 Å². The number of hydrogen-bond donors (Lipinski definition) is 1. The van der Waals surface area contributed by atoms with Crippen LogP contribution in [-0.2, 0) is 0 Å². The second-order valence-electron chi connectivity index (χ2n) is 5.31. The van der Waals surface area contributed by atoms with Crippen LogP contribution in [0.5, 0.6) is 5.88 Å². The molecule has 0 spiro atoms. The summed E-state index contributed by atoms with van der Waals surface area (Å²) in [7, 11) is 1.50. The molecule has 0 saturated heterocycles. The number of ether oxygens (including phenoxy) is 1. The molecule has 1 N–H and O–H groups in total. The molecule has 0 radical (unpaired) electrons. The van der Waals surface area contributed by atoms with E-state index in [0.29, 0.717) is 17.6 Å². The van der Waals surface area contributed by atoms with Gasteiger partial charge in [-0.3, -0.25) is 10.1 Å². The first kappa shape index (κ1) is 14.6. The van der Waals surface area contributed by atoms with E-state index in [4.69, 9.17) is 4.74 Å². The van der Waals surface area contributed by atoms with E-state index in [1.165, 1.54) is 51.3 Å². The van der Waals surface area contributed by atoms with Gasteiger partial charge >= 0.3 is 5.69 Å². The van der Waals surface area contributed by atoms with Gasteiger partial charge in [-0.15, -0.1) is 0 Å². The Morgan fingerprint density at radius 2 is 2.10 bits per heavy atom. The third kappa shape index (κ3) is 3.37. The molecule has 0 aromatic carbocycles. The molecule has 1 unspecified atom stereocenters. The summed E-state index contributed by atoms with van der Waals surface area (Å²) in [6.45, 7) is 2.07. The van der Waals surface area contributed by atoms with Gasteiger partial charge in [0.25, 0.3) is 0 Å². The molecule has 1 heterocycles. The predicted octanol–water partition coefficient (Wildman–Crippen LogP) is 3.38. The fourth-order valence-corrected chi connectivity index (χ4v) is 2.77. The first-order chi connectivity index (χ1) is 9.61. The normalized spacial score (nSPS) is 17.5. The summed E-state index contributed by atoms with van der Waals surface area (Å²) in [5.74, 6) is 1.23. The summed E-state index contributed by atoms with van der Waals surface area (Å²) in [4.78, 5) is 14.8. The van der Waals surface area contributed by atoms with Crippen molar-refractivity contribution < 1.29 is 9.66 Å². The summed E-state index contributed by atoms with van der Waals surface area (Å²) >= 11 is 0. The molecule has 1 saturated carbocycles. The van der Waals surface area contributed by atoms with Crippen molar-refractivity contribution in [2.24, 2.45) is 5.92 Å². The second kappa shape index (κ2) is 6.54. The van der Waals surface area contributed by atoms with Crippen molar-refractivity contribution in [3.63, 3.8) is 0 Å². The first-order valence-corrected chi connectivity index (χ1v) is 7.07. The Hall–Kier alpha value is -1.85. The zero-order chi connectivity index (χ0) is 14.5. The molecule has 1 atom stereocenters. The highest BCUT2D eigenvalue weighted by molar-refractivity contribution is 5.57. The summed E-state index contributed by atoms with van der Waals surface area (Å²) in [5.41, 5.74) is -0.00606. The maximum atomic E-state index is 11.1. The van der Waals surface area contributed by atoms with Crippen LogP contribution in [-0.4, -0.2) is 23.1 Å². The molecule has 0 bridgehead atoms. The Kier molecular flexibility index (Phi) is 4.76. The van der Waals surface area contributed by atoms with E-state index in [1.807, 2.05) is 0 Å². The minimum absolute atomic E-state index is 0.00606. The molecule has 0 aliphatic heterocycles. The maximum absolute atomic E-state index is 11.1. The van der Waals surface area contributed by atoms with Crippen LogP contribution >= 0.6 is 0 Å². The molecule has 1 aromatic rings. The number of aromatic nitrogens is 1. The lowest BCUT2D eigenvalue weighted by Gasteiger charge is -2.28. The SMILES string of the molecule is COc1ccc([N+](=O)[O-])c(NC(C)C2CCCCC2)n1. The van der Waals surface area contributed by atoms with Crippen LogP contribution in [0.4, 0.5) is 11.5 Å². The molecule has 0 amide bonds. The number of nitro groups is 1. The molecule has 1 fully saturated rings. The number of nitrogens with zero attached hydrogens (tertiary/aromatic N) is 2. The van der Waals surface area contributed by atoms with E-state index in [-0.39, 0.29) is 11.7 Å². The molecular formula is C14H21N3O3. The molecule has 110 valence electrons. The van der Waals surface area contributed by atoms with E-state index in [9.17, 15) is 10.1 Å². The fraction of sp³-hybridized carbons (Fsp3) is 0.643. The third-order valence-electron chi connectivity index (χ3n) is 3.98. The van der Waals surface area contributed by atoms with Gasteiger partial charge in [-0.2, -0.15) is 4.98 Å². The van der Waals surface area contributed by atoms with Gasteiger partial charge in [0, 0.05) is 18.2 Å². The number of rotatable bonds is 5. The van der Waals surface area contributed by atoms with Crippen molar-refractivity contribution in [2.45, 2.75) is 45.1 Å². The van der Waals surface area contributed by atoms with Gasteiger partial charge in [0.05, 0.1) is 12.0 Å². The highest BCUT2D eigenvalue weighted by Crippen LogP contribution is 2.31. The lowest BCUT2D eigenvalue weighted by Crippen LogP contribution is -2.28. The third-order valence-corrected chi connectivity index (χ3v) is 3.98. The highest BCUT2D eigenvalue weighted by atomic mass is 16.6. The quantitative estimate of drug-likeness (QED) is 0.660. The summed E-state index contributed by atoms with van der Waals surface area (Å²) < 4.78 is 5.04. The van der Waals surface area contributed by atoms with Gasteiger partial charge in [0.2, 0.25) is 11.7 Å². The van der Waals surface area contributed by atoms with Crippen LogP contribution in [0, 0.1) is 16.0 Å². The Balaban J connectivity index is 2.15. The minimum atomic E-state index is -0.414. The zero-order valence-electron chi connectivity index (χ0n) is 12.0. The van der Waals surface area contributed by atoms with Gasteiger partial charge in [0.15, 0.2) is 0 Å². The van der Waals surface area contributed by atoms with E-state index in [0.717, 1.165) is 0 Å². The average Bonchev–Trinajstić information content (AvgIpc) is 2.47. The van der Waals surface area contributed by atoms with Crippen LogP contribution in [0.25, 0.3) is 0 Å². The average molecular weight is 279 g/mol. The lowest BCUT2D eigenvalue weighted by atomic mass is 9.84. The van der Waals surface area contributed by atoms with Gasteiger partial charge in [-0.1, -0.05) is 19.3 Å². The molecule has 1 aromatic heterocycles. The number of methoxy groups -OCH3 is 1. The van der Waals surface area contributed by atoms with Crippen LogP contribution in [0.3, 0.4) is 0 Å². The molecule has 6 heteroatoms. The first-order valence-electron chi connectivity index (χ1n) is 7.07. The Morgan fingerprint density at radius 3 is 2.70 bits per heavy atom. The van der Waals surface area contributed by atoms with E-state index < -0.39 is 4.92 Å². The smallest absolute Gasteiger partial charge is 0.311 e. The van der Waals surface area contributed by atoms with E-state index >= 15 is 0 Å². The predicted molar refractivity (Wildman–Crippen MR) is 77.1 cm³/mol. The van der Waals surface area contributed by atoms with Gasteiger partial charge < -0.3 is 10.1 Å². The zero-order valence-corrected chi connectivity index (χ0v) is 12.0. The van der Waals surface area contributed by atoms with Crippen molar-refractivity contribution >= 4 is 11.5 Å². The Morgan fingerprint density at radius 1 is 1.40 bits per heavy atom. The molecular weight excluding hydrogens is 258 g/mol. The van der Waals surface area contributed by atoms with Crippen LogP contribution in [0.1, 0.15) is 39.0 Å². The summed E-state index contributed by atoms with van der Waals surface area (Å²) in [6.07, 6.45) is 6.12. The van der Waals surface area contributed by atoms with Gasteiger partial charge in [-0.25, -0.2) is 0 Å². The second-order valence-corrected chi connectivity index (χ2v) is 5.31. The topological polar surface area (TPSA) is 77.3 Å². The van der Waals surface area contributed by atoms with Crippen molar-refractivity contribution in [2.75, 3.05) is 12.4 Å². The minimum Gasteiger partial charge on any atom is -0.481 e. The van der Waals surface area contributed by atoms with Crippen LogP contribution in [0.15, 0.2) is 12.1 Å². The van der Waals surface area contributed by atoms with Crippen molar-refractivity contribution in [3.8, 4) is 5.88 Å². The number of anilines is 1. The van der Waals surface area contributed by atoms with Crippen molar-refractivity contribution in [1.29, 1.82) is 0 Å². The molecule has 2 rings (SSSR count). The molecule has 1 aliphatic carbocycles. The van der Waals surface area contributed by atoms with Gasteiger partial charge in [-0.05, 0) is 25.7 Å². The molecule has 6 nitrogen and oxygen atoms in total. The Bertz CT molecular complexity index is 473.